The van der Waals surface area contributed by atoms with Crippen molar-refractivity contribution >= 4 is 17.5 Å². The van der Waals surface area contributed by atoms with E-state index in [0.717, 1.165) is 28.1 Å². The Kier molecular flexibility index (Phi) is 5.37. The van der Waals surface area contributed by atoms with E-state index in [1.54, 1.807) is 0 Å². The van der Waals surface area contributed by atoms with Crippen molar-refractivity contribution in [3.8, 4) is 0 Å². The quantitative estimate of drug-likeness (QED) is 0.814. The van der Waals surface area contributed by atoms with Crippen LogP contribution in [0.1, 0.15) is 34.1 Å². The fraction of sp³-hybridized carbons (Fsp3) is 0.312. The first-order chi connectivity index (χ1) is 9.04. The minimum absolute atomic E-state index is 0.524. The van der Waals surface area contributed by atoms with Crippen LogP contribution in [0.4, 0.5) is 5.82 Å². The van der Waals surface area contributed by atoms with E-state index in [0.29, 0.717) is 5.82 Å². The van der Waals surface area contributed by atoms with Crippen molar-refractivity contribution in [2.75, 3.05) is 5.73 Å². The van der Waals surface area contributed by atoms with Crippen LogP contribution in [0.5, 0.6) is 0 Å². The predicted octanol–water partition coefficient (Wildman–Crippen LogP) is 2.43. The van der Waals surface area contributed by atoms with E-state index in [4.69, 9.17) is 5.73 Å². The smallest absolute Gasteiger partial charge is 0.153 e. The summed E-state index contributed by atoms with van der Waals surface area (Å²) < 4.78 is 0. The number of nitrogens with two attached hydrogens (primary N) is 1. The Hall–Kier alpha value is -2.03. The van der Waals surface area contributed by atoms with Gasteiger partial charge in [-0.2, -0.15) is 5.10 Å². The molecule has 0 saturated heterocycles. The number of nitrogen functional groups attached to an aromatic ring is 1. The number of rotatable bonds is 4. The molecule has 0 saturated carbocycles. The minimum atomic E-state index is 0.524. The third-order valence-electron chi connectivity index (χ3n) is 3.14. The Morgan fingerprint density at radius 1 is 1.42 bits per heavy atom. The largest absolute Gasteiger partial charge is 0.382 e. The van der Waals surface area contributed by atoms with Gasteiger partial charge in [0.1, 0.15) is 0 Å². The highest BCUT2D eigenvalue weighted by Crippen LogP contribution is 2.10. The van der Waals surface area contributed by atoms with Gasteiger partial charge in [0.2, 0.25) is 0 Å². The highest BCUT2D eigenvalue weighted by Gasteiger charge is 2.02. The van der Waals surface area contributed by atoms with E-state index in [1.165, 1.54) is 5.57 Å². The van der Waals surface area contributed by atoms with Gasteiger partial charge in [-0.3, -0.25) is 5.10 Å². The van der Waals surface area contributed by atoms with Gasteiger partial charge in [0.25, 0.3) is 0 Å². The summed E-state index contributed by atoms with van der Waals surface area (Å²) in [6.45, 7) is 12.2. The zero-order valence-electron chi connectivity index (χ0n) is 12.2. The Morgan fingerprint density at radius 3 is 2.63 bits per heavy atom. The number of hydrogen-bond donors (Lipinski definition) is 2. The Balaban J connectivity index is 3.50. The summed E-state index contributed by atoms with van der Waals surface area (Å²) in [4.78, 5) is 0. The minimum Gasteiger partial charge on any atom is -0.382 e. The molecule has 0 unspecified atom stereocenters. The van der Waals surface area contributed by atoms with E-state index in [1.807, 2.05) is 38.2 Å². The lowest BCUT2D eigenvalue weighted by atomic mass is 10.1. The predicted molar refractivity (Wildman–Crippen MR) is 83.8 cm³/mol. The lowest BCUT2D eigenvalue weighted by Gasteiger charge is -2.00. The molecule has 102 valence electrons. The molecule has 3 heteroatoms. The van der Waals surface area contributed by atoms with Crippen LogP contribution in [-0.2, 0) is 0 Å². The van der Waals surface area contributed by atoms with Gasteiger partial charge in [-0.25, -0.2) is 0 Å². The van der Waals surface area contributed by atoms with Gasteiger partial charge in [0, 0.05) is 5.22 Å². The van der Waals surface area contributed by atoms with E-state index >= 15 is 0 Å². The summed E-state index contributed by atoms with van der Waals surface area (Å²) >= 11 is 0. The Morgan fingerprint density at radius 2 is 2.11 bits per heavy atom. The summed E-state index contributed by atoms with van der Waals surface area (Å²) in [6.07, 6.45) is 8.99. The van der Waals surface area contributed by atoms with Crippen molar-refractivity contribution < 1.29 is 0 Å². The molecule has 3 nitrogen and oxygen atoms in total. The summed E-state index contributed by atoms with van der Waals surface area (Å²) in [5, 5.41) is 9.06. The number of H-pyrrole nitrogens is 1. The summed E-state index contributed by atoms with van der Waals surface area (Å²) in [6, 6.07) is 0. The average molecular weight is 257 g/mol. The summed E-state index contributed by atoms with van der Waals surface area (Å²) in [5.41, 5.74) is 9.20. The van der Waals surface area contributed by atoms with Crippen LogP contribution in [0, 0.1) is 0 Å². The SMILES string of the molecule is C=C(C=CC)C(=CC)C=c1c(N)n[nH]c1=C(C)CC. The standard InChI is InChI=1S/C16H23N3/c1-6-9-12(5)13(8-3)10-14-15(11(4)7-2)18-19-16(14)17/h6,8-10,18H,5,7H2,1-4H3,(H2,17,19). The monoisotopic (exact) mass is 257 g/mol. The first-order valence-corrected chi connectivity index (χ1v) is 6.54. The van der Waals surface area contributed by atoms with Crippen LogP contribution in [0.15, 0.2) is 36.0 Å². The van der Waals surface area contributed by atoms with Crippen LogP contribution in [0.3, 0.4) is 0 Å². The second-order valence-corrected chi connectivity index (χ2v) is 4.44. The van der Waals surface area contributed by atoms with Crippen LogP contribution in [0.25, 0.3) is 11.6 Å². The molecule has 0 atom stereocenters. The lowest BCUT2D eigenvalue weighted by Crippen LogP contribution is -2.27. The first kappa shape index (κ1) is 15.0. The number of hydrogen-bond acceptors (Lipinski definition) is 2. The van der Waals surface area contributed by atoms with Gasteiger partial charge in [0.05, 0.1) is 5.35 Å². The van der Waals surface area contributed by atoms with Gasteiger partial charge in [-0.1, -0.05) is 31.7 Å². The summed E-state index contributed by atoms with van der Waals surface area (Å²) in [7, 11) is 0. The van der Waals surface area contributed by atoms with E-state index in [2.05, 4.69) is 30.6 Å². The molecule has 0 aliphatic carbocycles. The number of nitrogens with zero attached hydrogens (tertiary/aromatic N) is 1. The van der Waals surface area contributed by atoms with Gasteiger partial charge >= 0.3 is 0 Å². The number of allylic oxidation sites excluding steroid dienone is 5. The molecule has 19 heavy (non-hydrogen) atoms. The molecular weight excluding hydrogens is 234 g/mol. The maximum atomic E-state index is 5.95. The molecule has 3 N–H and O–H groups in total. The Bertz CT molecular complexity index is 627. The Labute approximate surface area is 114 Å². The normalized spacial score (nSPS) is 15.2. The third kappa shape index (κ3) is 3.47. The topological polar surface area (TPSA) is 54.7 Å². The molecular formula is C16H23N3. The van der Waals surface area contributed by atoms with Crippen LogP contribution in [-0.4, -0.2) is 10.2 Å². The van der Waals surface area contributed by atoms with Gasteiger partial charge in [0.15, 0.2) is 5.82 Å². The third-order valence-corrected chi connectivity index (χ3v) is 3.14. The number of nitrogens with one attached hydrogen (secondary N) is 1. The number of anilines is 1. The molecule has 1 aromatic rings. The maximum absolute atomic E-state index is 5.95. The molecule has 1 rings (SSSR count). The van der Waals surface area contributed by atoms with Crippen molar-refractivity contribution in [1.29, 1.82) is 0 Å². The van der Waals surface area contributed by atoms with Crippen LogP contribution >= 0.6 is 0 Å². The van der Waals surface area contributed by atoms with Crippen LogP contribution in [0.2, 0.25) is 0 Å². The molecule has 1 aromatic heterocycles. The highest BCUT2D eigenvalue weighted by molar-refractivity contribution is 5.63. The molecule has 0 aromatic carbocycles. The van der Waals surface area contributed by atoms with Crippen molar-refractivity contribution in [2.45, 2.75) is 34.1 Å². The maximum Gasteiger partial charge on any atom is 0.153 e. The zero-order chi connectivity index (χ0) is 14.4. The van der Waals surface area contributed by atoms with Crippen molar-refractivity contribution in [1.82, 2.24) is 10.2 Å². The number of aromatic nitrogens is 2. The van der Waals surface area contributed by atoms with E-state index in [9.17, 15) is 0 Å². The van der Waals surface area contributed by atoms with Crippen molar-refractivity contribution in [2.24, 2.45) is 0 Å². The average Bonchev–Trinajstić information content (AvgIpc) is 2.76. The lowest BCUT2D eigenvalue weighted by molar-refractivity contribution is 1.04. The van der Waals surface area contributed by atoms with Crippen LogP contribution < -0.4 is 16.3 Å². The molecule has 0 radical (unpaired) electrons. The molecule has 0 amide bonds. The van der Waals surface area contributed by atoms with Crippen molar-refractivity contribution in [3.63, 3.8) is 0 Å². The second kappa shape index (κ2) is 6.78. The fourth-order valence-electron chi connectivity index (χ4n) is 1.83. The van der Waals surface area contributed by atoms with Gasteiger partial charge in [-0.15, -0.1) is 0 Å². The summed E-state index contributed by atoms with van der Waals surface area (Å²) in [5.74, 6) is 0.524. The van der Waals surface area contributed by atoms with Gasteiger partial charge in [-0.05, 0) is 50.0 Å². The zero-order valence-corrected chi connectivity index (χ0v) is 12.2. The molecule has 0 fully saturated rings. The molecule has 1 heterocycles. The molecule has 0 aliphatic heterocycles. The molecule has 0 spiro atoms. The van der Waals surface area contributed by atoms with Crippen molar-refractivity contribution in [3.05, 3.63) is 46.5 Å². The number of aromatic amines is 1. The van der Waals surface area contributed by atoms with E-state index < -0.39 is 0 Å². The van der Waals surface area contributed by atoms with Gasteiger partial charge < -0.3 is 5.73 Å². The first-order valence-electron chi connectivity index (χ1n) is 6.54. The molecule has 0 bridgehead atoms. The fourth-order valence-corrected chi connectivity index (χ4v) is 1.83. The second-order valence-electron chi connectivity index (χ2n) is 4.44. The molecule has 0 aliphatic rings. The van der Waals surface area contributed by atoms with E-state index in [-0.39, 0.29) is 0 Å². The highest BCUT2D eigenvalue weighted by atomic mass is 15.1.